The van der Waals surface area contributed by atoms with Crippen LogP contribution in [-0.4, -0.2) is 72.3 Å². The fourth-order valence-corrected chi connectivity index (χ4v) is 6.71. The topological polar surface area (TPSA) is 107 Å². The van der Waals surface area contributed by atoms with E-state index >= 15 is 0 Å². The minimum atomic E-state index is -3.96. The van der Waals surface area contributed by atoms with E-state index in [1.54, 1.807) is 0 Å². The maximum absolute atomic E-state index is 13.7. The highest BCUT2D eigenvalue weighted by atomic mass is 32.2. The molecule has 0 bridgehead atoms. The van der Waals surface area contributed by atoms with Crippen molar-refractivity contribution in [1.29, 1.82) is 5.26 Å². The zero-order valence-electron chi connectivity index (χ0n) is 24.0. The van der Waals surface area contributed by atoms with E-state index in [9.17, 15) is 18.5 Å². The van der Waals surface area contributed by atoms with Crippen LogP contribution in [0.15, 0.2) is 30.3 Å². The van der Waals surface area contributed by atoms with Gasteiger partial charge in [-0.3, -0.25) is 9.35 Å². The molecule has 3 atom stereocenters. The van der Waals surface area contributed by atoms with Gasteiger partial charge in [-0.1, -0.05) is 62.8 Å². The largest absolute Gasteiger partial charge is 0.355 e. The van der Waals surface area contributed by atoms with Gasteiger partial charge in [-0.2, -0.15) is 13.7 Å². The first kappa shape index (κ1) is 34.5. The molecule has 0 aliphatic heterocycles. The van der Waals surface area contributed by atoms with Crippen molar-refractivity contribution in [3.63, 3.8) is 0 Å². The first-order valence-corrected chi connectivity index (χ1v) is 16.1. The van der Waals surface area contributed by atoms with Crippen LogP contribution in [0.2, 0.25) is 0 Å². The molecule has 10 heteroatoms. The zero-order valence-corrected chi connectivity index (χ0v) is 26.4. The molecule has 2 N–H and O–H groups in total. The third-order valence-corrected chi connectivity index (χ3v) is 10.2. The quantitative estimate of drug-likeness (QED) is 0.117. The Kier molecular flexibility index (Phi) is 13.4. The number of nitrogens with one attached hydrogen (secondary N) is 1. The van der Waals surface area contributed by atoms with E-state index in [0.717, 1.165) is 29.1 Å². The van der Waals surface area contributed by atoms with Crippen molar-refractivity contribution in [2.75, 3.05) is 39.5 Å². The standard InChI is InChI=1S/C28H45N3O4S3/c1-8-24(27(3,4)21-29)20-28(5,22(2)37-25(36)23-14-10-9-11-15-23)26(32)30-16-12-17-31(6,7)18-13-19-38(33,34)35/h9-11,14-15,22,24H,8,12-13,16-20H2,1-7H3,(H-,30,32,33,34,35)/p+1. The average molecular weight is 585 g/mol. The normalized spacial score (nSPS) is 15.7. The van der Waals surface area contributed by atoms with Crippen LogP contribution in [0.1, 0.15) is 65.9 Å². The van der Waals surface area contributed by atoms with Gasteiger partial charge in [0, 0.05) is 24.6 Å². The number of carbonyl (C=O) groups is 1. The van der Waals surface area contributed by atoms with E-state index in [4.69, 9.17) is 16.8 Å². The Morgan fingerprint density at radius 3 is 2.29 bits per heavy atom. The predicted octanol–water partition coefficient (Wildman–Crippen LogP) is 5.32. The summed E-state index contributed by atoms with van der Waals surface area (Å²) in [5.41, 5.74) is -0.358. The number of quaternary nitrogens is 1. The van der Waals surface area contributed by atoms with E-state index in [2.05, 4.69) is 18.3 Å². The molecule has 0 aromatic heterocycles. The van der Waals surface area contributed by atoms with Crippen molar-refractivity contribution < 1.29 is 22.2 Å². The molecule has 1 rings (SSSR count). The second-order valence-corrected chi connectivity index (χ2v) is 15.2. The Balaban J connectivity index is 2.95. The minimum Gasteiger partial charge on any atom is -0.355 e. The van der Waals surface area contributed by atoms with Crippen LogP contribution < -0.4 is 5.32 Å². The molecule has 0 fully saturated rings. The first-order valence-electron chi connectivity index (χ1n) is 13.2. The van der Waals surface area contributed by atoms with E-state index in [0.29, 0.717) is 30.4 Å². The maximum atomic E-state index is 13.7. The van der Waals surface area contributed by atoms with Gasteiger partial charge in [-0.05, 0) is 38.7 Å². The highest BCUT2D eigenvalue weighted by Crippen LogP contribution is 2.44. The summed E-state index contributed by atoms with van der Waals surface area (Å²) in [6.45, 7) is 11.8. The molecule has 7 nitrogen and oxygen atoms in total. The second kappa shape index (κ2) is 14.8. The molecule has 0 aliphatic rings. The SMILES string of the molecule is CCC(CC(C)(C(=O)NCCC[N+](C)(C)CCCS(=O)(=O)O)C(C)SC(=S)c1ccccc1)C(C)(C)C#N. The Hall–Kier alpha value is -1.51. The fourth-order valence-electron chi connectivity index (χ4n) is 4.59. The highest BCUT2D eigenvalue weighted by Gasteiger charge is 2.44. The highest BCUT2D eigenvalue weighted by molar-refractivity contribution is 8.24. The van der Waals surface area contributed by atoms with E-state index in [1.165, 1.54) is 11.8 Å². The van der Waals surface area contributed by atoms with Crippen LogP contribution in [0.25, 0.3) is 0 Å². The molecule has 1 amide bonds. The monoisotopic (exact) mass is 584 g/mol. The van der Waals surface area contributed by atoms with E-state index < -0.39 is 20.9 Å². The summed E-state index contributed by atoms with van der Waals surface area (Å²) in [6, 6.07) is 12.2. The number of thiocarbonyl (C=S) groups is 1. The van der Waals surface area contributed by atoms with Crippen LogP contribution in [0.5, 0.6) is 0 Å². The number of rotatable bonds is 16. The number of nitriles is 1. The van der Waals surface area contributed by atoms with Crippen molar-refractivity contribution >= 4 is 44.2 Å². The molecular weight excluding hydrogens is 539 g/mol. The number of amides is 1. The van der Waals surface area contributed by atoms with E-state index in [-0.39, 0.29) is 22.8 Å². The summed E-state index contributed by atoms with van der Waals surface area (Å²) >= 11 is 7.25. The van der Waals surface area contributed by atoms with Gasteiger partial charge < -0.3 is 9.80 Å². The Morgan fingerprint density at radius 1 is 1.18 bits per heavy atom. The van der Waals surface area contributed by atoms with Gasteiger partial charge >= 0.3 is 0 Å². The predicted molar refractivity (Wildman–Crippen MR) is 162 cm³/mol. The van der Waals surface area contributed by atoms with Crippen LogP contribution in [-0.2, 0) is 14.9 Å². The Bertz CT molecular complexity index is 1070. The number of hydrogen-bond acceptors (Lipinski definition) is 6. The van der Waals surface area contributed by atoms with Crippen molar-refractivity contribution in [1.82, 2.24) is 5.32 Å². The van der Waals surface area contributed by atoms with Gasteiger partial charge in [0.15, 0.2) is 0 Å². The van der Waals surface area contributed by atoms with Crippen molar-refractivity contribution in [3.8, 4) is 6.07 Å². The molecule has 3 unspecified atom stereocenters. The van der Waals surface area contributed by atoms with E-state index in [1.807, 2.05) is 72.1 Å². The molecule has 1 aromatic rings. The van der Waals surface area contributed by atoms with Crippen LogP contribution in [0, 0.1) is 28.1 Å². The molecule has 214 valence electrons. The van der Waals surface area contributed by atoms with Gasteiger partial charge in [-0.25, -0.2) is 0 Å². The van der Waals surface area contributed by atoms with Gasteiger partial charge in [-0.15, -0.1) is 11.8 Å². The summed E-state index contributed by atoms with van der Waals surface area (Å²) in [4.78, 5) is 13.7. The summed E-state index contributed by atoms with van der Waals surface area (Å²) in [5, 5.41) is 12.8. The average Bonchev–Trinajstić information content (AvgIpc) is 2.84. The summed E-state index contributed by atoms with van der Waals surface area (Å²) in [7, 11) is 0.0606. The van der Waals surface area contributed by atoms with Gasteiger partial charge in [0.05, 0.1) is 54.0 Å². The molecular formula is C28H46N3O4S3+. The number of carbonyl (C=O) groups excluding carboxylic acids is 1. The minimum absolute atomic E-state index is 0.0370. The Labute approximate surface area is 240 Å². The van der Waals surface area contributed by atoms with Gasteiger partial charge in [0.25, 0.3) is 10.1 Å². The lowest BCUT2D eigenvalue weighted by Crippen LogP contribution is -2.48. The maximum Gasteiger partial charge on any atom is 0.265 e. The molecule has 0 radical (unpaired) electrons. The number of hydrogen-bond donors (Lipinski definition) is 2. The molecule has 0 saturated carbocycles. The van der Waals surface area contributed by atoms with Gasteiger partial charge in [0.1, 0.15) is 0 Å². The number of thioether (sulfide) groups is 1. The molecule has 0 spiro atoms. The lowest BCUT2D eigenvalue weighted by atomic mass is 9.68. The lowest BCUT2D eigenvalue weighted by Gasteiger charge is -2.40. The summed E-state index contributed by atoms with van der Waals surface area (Å²) < 4.78 is 32.3. The zero-order chi connectivity index (χ0) is 29.2. The van der Waals surface area contributed by atoms with Crippen molar-refractivity contribution in [2.24, 2.45) is 16.7 Å². The van der Waals surface area contributed by atoms with Crippen molar-refractivity contribution in [3.05, 3.63) is 35.9 Å². The fraction of sp³-hybridized carbons (Fsp3) is 0.679. The first-order chi connectivity index (χ1) is 17.5. The van der Waals surface area contributed by atoms with Crippen LogP contribution in [0.4, 0.5) is 0 Å². The molecule has 0 heterocycles. The Morgan fingerprint density at radius 2 is 1.76 bits per heavy atom. The molecule has 0 saturated heterocycles. The summed E-state index contributed by atoms with van der Waals surface area (Å²) in [6.07, 6.45) is 2.46. The number of nitrogens with zero attached hydrogens (tertiary/aromatic N) is 2. The molecule has 0 aliphatic carbocycles. The summed E-state index contributed by atoms with van der Waals surface area (Å²) in [5.74, 6) is -0.255. The smallest absolute Gasteiger partial charge is 0.265 e. The van der Waals surface area contributed by atoms with Crippen LogP contribution in [0.3, 0.4) is 0 Å². The molecule has 38 heavy (non-hydrogen) atoms. The number of benzene rings is 1. The third kappa shape index (κ3) is 11.3. The van der Waals surface area contributed by atoms with Crippen molar-refractivity contribution in [2.45, 2.75) is 65.6 Å². The third-order valence-electron chi connectivity index (χ3n) is 7.57. The van der Waals surface area contributed by atoms with Crippen LogP contribution >= 0.6 is 24.0 Å². The molecule has 1 aromatic carbocycles. The second-order valence-electron chi connectivity index (χ2n) is 11.6. The lowest BCUT2D eigenvalue weighted by molar-refractivity contribution is -0.890. The van der Waals surface area contributed by atoms with Gasteiger partial charge in [0.2, 0.25) is 5.91 Å².